The van der Waals surface area contributed by atoms with Crippen molar-refractivity contribution in [2.75, 3.05) is 0 Å². The average Bonchev–Trinajstić information content (AvgIpc) is 3.22. The second-order valence-electron chi connectivity index (χ2n) is 8.67. The molecule has 38 heavy (non-hydrogen) atoms. The summed E-state index contributed by atoms with van der Waals surface area (Å²) in [7, 11) is 0. The van der Waals surface area contributed by atoms with Crippen molar-refractivity contribution in [2.45, 2.75) is 19.7 Å². The summed E-state index contributed by atoms with van der Waals surface area (Å²) in [5.74, 6) is 0.614. The fraction of sp³-hybridized carbons (Fsp3) is 0.0968. The molecule has 1 amide bonds. The number of nitrogens with zero attached hydrogens (tertiary/aromatic N) is 2. The number of ether oxygens (including phenoxy) is 1. The minimum Gasteiger partial charge on any atom is -0.488 e. The molecule has 0 bridgehead atoms. The highest BCUT2D eigenvalue weighted by atomic mass is 79.9. The first-order valence-corrected chi connectivity index (χ1v) is 14.0. The Morgan fingerprint density at radius 3 is 2.26 bits per heavy atom. The Bertz CT molecular complexity index is 1480. The lowest BCUT2D eigenvalue weighted by molar-refractivity contribution is -0.122. The van der Waals surface area contributed by atoms with Gasteiger partial charge in [-0.05, 0) is 64.9 Å². The Morgan fingerprint density at radius 1 is 0.868 bits per heavy atom. The quantitative estimate of drug-likeness (QED) is 0.190. The van der Waals surface area contributed by atoms with Gasteiger partial charge < -0.3 is 4.74 Å². The Labute approximate surface area is 240 Å². The van der Waals surface area contributed by atoms with Crippen LogP contribution >= 0.6 is 39.3 Å². The zero-order valence-corrected chi connectivity index (χ0v) is 23.5. The summed E-state index contributed by atoms with van der Waals surface area (Å²) in [6.45, 7) is 1.34. The molecule has 1 aliphatic rings. The van der Waals surface area contributed by atoms with E-state index in [0.717, 1.165) is 26.7 Å². The van der Waals surface area contributed by atoms with E-state index in [2.05, 4.69) is 15.9 Å². The normalized spacial score (nSPS) is 15.4. The highest BCUT2D eigenvalue weighted by molar-refractivity contribution is 9.10. The minimum atomic E-state index is -0.0747. The number of amides is 1. The monoisotopic (exact) mass is 602 g/mol. The van der Waals surface area contributed by atoms with Crippen molar-refractivity contribution in [1.82, 2.24) is 4.90 Å². The molecule has 1 heterocycles. The van der Waals surface area contributed by atoms with Gasteiger partial charge in [-0.25, -0.2) is 0 Å². The van der Waals surface area contributed by atoms with Crippen molar-refractivity contribution in [3.63, 3.8) is 0 Å². The number of carbonyl (C=O) groups excluding carboxylic acids is 1. The van der Waals surface area contributed by atoms with Crippen LogP contribution in [0, 0.1) is 0 Å². The van der Waals surface area contributed by atoms with Crippen molar-refractivity contribution in [1.29, 1.82) is 0 Å². The smallest absolute Gasteiger partial charge is 0.267 e. The molecule has 4 nitrogen and oxygen atoms in total. The summed E-state index contributed by atoms with van der Waals surface area (Å²) >= 11 is 11.0. The van der Waals surface area contributed by atoms with E-state index in [0.29, 0.717) is 40.5 Å². The lowest BCUT2D eigenvalue weighted by Crippen LogP contribution is -2.28. The highest BCUT2D eigenvalue weighted by Gasteiger charge is 2.33. The van der Waals surface area contributed by atoms with Gasteiger partial charge in [-0.3, -0.25) is 14.7 Å². The van der Waals surface area contributed by atoms with E-state index in [1.807, 2.05) is 109 Å². The number of hydrogen-bond donors (Lipinski definition) is 0. The first kappa shape index (κ1) is 26.3. The molecule has 1 fully saturated rings. The fourth-order valence-corrected chi connectivity index (χ4v) is 5.39. The summed E-state index contributed by atoms with van der Waals surface area (Å²) in [6, 6.07) is 33.4. The fourth-order valence-electron chi connectivity index (χ4n) is 3.92. The molecule has 1 aliphatic heterocycles. The number of hydrogen-bond acceptors (Lipinski definition) is 4. The molecule has 5 rings (SSSR count). The third-order valence-electron chi connectivity index (χ3n) is 5.88. The third kappa shape index (κ3) is 6.76. The number of aliphatic imine (C=N–C) groups is 1. The molecule has 4 aromatic rings. The van der Waals surface area contributed by atoms with E-state index in [1.54, 1.807) is 4.90 Å². The largest absolute Gasteiger partial charge is 0.488 e. The van der Waals surface area contributed by atoms with Gasteiger partial charge in [0.2, 0.25) is 0 Å². The van der Waals surface area contributed by atoms with Crippen LogP contribution in [-0.2, 0) is 24.5 Å². The zero-order chi connectivity index (χ0) is 26.3. The molecule has 190 valence electrons. The van der Waals surface area contributed by atoms with Crippen LogP contribution in [0.4, 0.5) is 0 Å². The molecule has 1 saturated heterocycles. The van der Waals surface area contributed by atoms with Crippen molar-refractivity contribution >= 4 is 56.4 Å². The number of rotatable bonds is 8. The maximum atomic E-state index is 13.6. The van der Waals surface area contributed by atoms with Crippen molar-refractivity contribution < 1.29 is 9.53 Å². The topological polar surface area (TPSA) is 41.9 Å². The van der Waals surface area contributed by atoms with Crippen LogP contribution in [-0.4, -0.2) is 16.0 Å². The maximum absolute atomic E-state index is 13.6. The number of benzene rings is 4. The van der Waals surface area contributed by atoms with Crippen molar-refractivity contribution in [3.8, 4) is 5.75 Å². The number of carbonyl (C=O) groups is 1. The Hall–Kier alpha value is -3.32. The van der Waals surface area contributed by atoms with E-state index in [1.165, 1.54) is 11.8 Å². The van der Waals surface area contributed by atoms with Crippen molar-refractivity contribution in [3.05, 3.63) is 140 Å². The summed E-state index contributed by atoms with van der Waals surface area (Å²) in [5.41, 5.74) is 3.96. The molecule has 0 aromatic heterocycles. The standard InChI is InChI=1S/C31H24BrClN2O2S/c32-26-13-16-28(37-21-24-11-14-27(33)15-12-24)25(17-26)18-29-30(36)35(20-23-9-5-2-6-10-23)31(38-29)34-19-22-7-3-1-4-8-22/h1-18H,19-21H2/b29-18+,34-31?. The zero-order valence-electron chi connectivity index (χ0n) is 20.4. The summed E-state index contributed by atoms with van der Waals surface area (Å²) in [4.78, 5) is 20.8. The second kappa shape index (κ2) is 12.5. The van der Waals surface area contributed by atoms with Gasteiger partial charge in [0.25, 0.3) is 5.91 Å². The molecular weight excluding hydrogens is 580 g/mol. The minimum absolute atomic E-state index is 0.0747. The van der Waals surface area contributed by atoms with E-state index in [4.69, 9.17) is 21.3 Å². The van der Waals surface area contributed by atoms with Crippen LogP contribution in [0.25, 0.3) is 6.08 Å². The van der Waals surface area contributed by atoms with Gasteiger partial charge in [0.05, 0.1) is 18.0 Å². The first-order chi connectivity index (χ1) is 18.5. The third-order valence-corrected chi connectivity index (χ3v) is 7.67. The molecule has 0 spiro atoms. The summed E-state index contributed by atoms with van der Waals surface area (Å²) < 4.78 is 7.05. The predicted octanol–water partition coefficient (Wildman–Crippen LogP) is 8.35. The van der Waals surface area contributed by atoms with Gasteiger partial charge in [-0.15, -0.1) is 0 Å². The van der Waals surface area contributed by atoms with Crippen LogP contribution in [0.5, 0.6) is 5.75 Å². The molecular formula is C31H24BrClN2O2S. The molecule has 0 aliphatic carbocycles. The lowest BCUT2D eigenvalue weighted by atomic mass is 10.1. The Balaban J connectivity index is 1.43. The van der Waals surface area contributed by atoms with Crippen LogP contribution in [0.1, 0.15) is 22.3 Å². The average molecular weight is 604 g/mol. The molecule has 0 N–H and O–H groups in total. The van der Waals surface area contributed by atoms with Gasteiger partial charge in [0.15, 0.2) is 5.17 Å². The molecule has 0 radical (unpaired) electrons. The van der Waals surface area contributed by atoms with Gasteiger partial charge >= 0.3 is 0 Å². The van der Waals surface area contributed by atoms with E-state index in [-0.39, 0.29) is 5.91 Å². The van der Waals surface area contributed by atoms with Crippen molar-refractivity contribution in [2.24, 2.45) is 4.99 Å². The van der Waals surface area contributed by atoms with Gasteiger partial charge in [0, 0.05) is 15.1 Å². The highest BCUT2D eigenvalue weighted by Crippen LogP contribution is 2.36. The van der Waals surface area contributed by atoms with Gasteiger partial charge in [0.1, 0.15) is 12.4 Å². The molecule has 0 unspecified atom stereocenters. The molecule has 0 atom stereocenters. The van der Waals surface area contributed by atoms with Crippen LogP contribution in [0.15, 0.2) is 117 Å². The number of thioether (sulfide) groups is 1. The second-order valence-corrected chi connectivity index (χ2v) is 11.0. The summed E-state index contributed by atoms with van der Waals surface area (Å²) in [6.07, 6.45) is 1.89. The van der Waals surface area contributed by atoms with Crippen LogP contribution in [0.2, 0.25) is 5.02 Å². The number of halogens is 2. The van der Waals surface area contributed by atoms with E-state index >= 15 is 0 Å². The van der Waals surface area contributed by atoms with Crippen LogP contribution in [0.3, 0.4) is 0 Å². The molecule has 7 heteroatoms. The Morgan fingerprint density at radius 2 is 1.55 bits per heavy atom. The Kier molecular flexibility index (Phi) is 8.64. The number of amidine groups is 1. The van der Waals surface area contributed by atoms with E-state index in [9.17, 15) is 4.79 Å². The maximum Gasteiger partial charge on any atom is 0.267 e. The predicted molar refractivity (Wildman–Crippen MR) is 160 cm³/mol. The van der Waals surface area contributed by atoms with E-state index < -0.39 is 0 Å². The molecule has 0 saturated carbocycles. The SMILES string of the molecule is O=C1/C(=C\c2cc(Br)ccc2OCc2ccc(Cl)cc2)SC(=NCc2ccccc2)N1Cc1ccccc1. The van der Waals surface area contributed by atoms with Gasteiger partial charge in [-0.2, -0.15) is 0 Å². The van der Waals surface area contributed by atoms with Crippen LogP contribution < -0.4 is 4.74 Å². The van der Waals surface area contributed by atoms with Gasteiger partial charge in [-0.1, -0.05) is 100 Å². The lowest BCUT2D eigenvalue weighted by Gasteiger charge is -2.15. The molecule has 4 aromatic carbocycles. The summed E-state index contributed by atoms with van der Waals surface area (Å²) in [5, 5.41) is 1.37. The first-order valence-electron chi connectivity index (χ1n) is 12.1.